The number of nitriles is 1. The van der Waals surface area contributed by atoms with E-state index in [0.29, 0.717) is 22.3 Å². The van der Waals surface area contributed by atoms with Crippen molar-refractivity contribution in [1.82, 2.24) is 4.98 Å². The molecule has 7 nitrogen and oxygen atoms in total. The Morgan fingerprint density at radius 2 is 2.03 bits per heavy atom. The summed E-state index contributed by atoms with van der Waals surface area (Å²) in [4.78, 5) is 28.8. The molecule has 0 aliphatic rings. The fourth-order valence-electron chi connectivity index (χ4n) is 2.54. The van der Waals surface area contributed by atoms with Gasteiger partial charge < -0.3 is 9.47 Å². The number of amides is 1. The highest BCUT2D eigenvalue weighted by Gasteiger charge is 2.17. The first-order valence-corrected chi connectivity index (χ1v) is 10.8. The Kier molecular flexibility index (Phi) is 7.84. The molecule has 0 aliphatic carbocycles. The van der Waals surface area contributed by atoms with E-state index in [4.69, 9.17) is 32.7 Å². The highest BCUT2D eigenvalue weighted by molar-refractivity contribution is 7.13. The molecule has 3 aromatic rings. The molecule has 3 rings (SSSR count). The van der Waals surface area contributed by atoms with Gasteiger partial charge in [0.05, 0.1) is 17.2 Å². The first kappa shape index (κ1) is 23.3. The van der Waals surface area contributed by atoms with Crippen molar-refractivity contribution in [2.75, 3.05) is 11.9 Å². The Labute approximate surface area is 197 Å². The highest BCUT2D eigenvalue weighted by Crippen LogP contribution is 2.31. The van der Waals surface area contributed by atoms with Crippen molar-refractivity contribution in [2.45, 2.75) is 6.92 Å². The Morgan fingerprint density at radius 1 is 1.22 bits per heavy atom. The predicted molar refractivity (Wildman–Crippen MR) is 123 cm³/mol. The fourth-order valence-corrected chi connectivity index (χ4v) is 3.55. The molecule has 1 heterocycles. The van der Waals surface area contributed by atoms with Gasteiger partial charge in [-0.3, -0.25) is 10.1 Å². The van der Waals surface area contributed by atoms with Crippen LogP contribution in [0.4, 0.5) is 5.13 Å². The summed E-state index contributed by atoms with van der Waals surface area (Å²) in [5, 5.41) is 14.6. The summed E-state index contributed by atoms with van der Waals surface area (Å²) in [5.41, 5.74) is 0.525. The molecule has 0 aliphatic heterocycles. The highest BCUT2D eigenvalue weighted by atomic mass is 35.5. The summed E-state index contributed by atoms with van der Waals surface area (Å²) in [6.07, 6.45) is 2.94. The van der Waals surface area contributed by atoms with Crippen molar-refractivity contribution in [2.24, 2.45) is 0 Å². The van der Waals surface area contributed by atoms with Crippen molar-refractivity contribution in [3.8, 4) is 17.6 Å². The van der Waals surface area contributed by atoms with Crippen LogP contribution in [-0.4, -0.2) is 23.5 Å². The Balaban J connectivity index is 1.84. The predicted octanol–water partition coefficient (Wildman–Crippen LogP) is 5.61. The minimum atomic E-state index is -0.684. The molecular formula is C22H15Cl2N3O4S. The number of thiazole rings is 1. The summed E-state index contributed by atoms with van der Waals surface area (Å²) in [6, 6.07) is 11.0. The van der Waals surface area contributed by atoms with Gasteiger partial charge in [-0.1, -0.05) is 29.3 Å². The molecule has 1 N–H and O–H groups in total. The van der Waals surface area contributed by atoms with Crippen LogP contribution in [0.5, 0.6) is 11.5 Å². The number of hydrogen-bond donors (Lipinski definition) is 1. The molecule has 1 aromatic heterocycles. The van der Waals surface area contributed by atoms with Crippen molar-refractivity contribution in [3.63, 3.8) is 0 Å². The topological polar surface area (TPSA) is 101 Å². The quantitative estimate of drug-likeness (QED) is 0.201. The van der Waals surface area contributed by atoms with E-state index in [2.05, 4.69) is 10.3 Å². The first-order valence-electron chi connectivity index (χ1n) is 9.18. The van der Waals surface area contributed by atoms with Crippen LogP contribution in [0.2, 0.25) is 10.0 Å². The van der Waals surface area contributed by atoms with E-state index in [0.717, 1.165) is 0 Å². The lowest BCUT2D eigenvalue weighted by molar-refractivity contribution is -0.112. The van der Waals surface area contributed by atoms with E-state index in [-0.39, 0.29) is 27.7 Å². The maximum Gasteiger partial charge on any atom is 0.345 e. The molecule has 1 amide bonds. The Hall–Kier alpha value is -3.38. The van der Waals surface area contributed by atoms with Crippen LogP contribution >= 0.6 is 34.5 Å². The molecule has 2 aromatic carbocycles. The minimum absolute atomic E-state index is 0.125. The van der Waals surface area contributed by atoms with E-state index in [1.54, 1.807) is 30.6 Å². The van der Waals surface area contributed by atoms with E-state index in [1.165, 1.54) is 41.7 Å². The number of carbonyl (C=O) groups is 2. The number of carbonyl (C=O) groups excluding carboxylic acids is 2. The zero-order valence-corrected chi connectivity index (χ0v) is 18.9. The van der Waals surface area contributed by atoms with E-state index < -0.39 is 11.9 Å². The van der Waals surface area contributed by atoms with Crippen LogP contribution in [0.25, 0.3) is 6.08 Å². The largest absolute Gasteiger partial charge is 0.490 e. The van der Waals surface area contributed by atoms with Gasteiger partial charge in [-0.25, -0.2) is 9.78 Å². The Bertz CT molecular complexity index is 1220. The SMILES string of the molecule is CCOc1cc(C=C(C#N)C(=O)Nc2nccs2)ccc1OC(=O)c1ccc(Cl)cc1Cl. The molecule has 0 saturated carbocycles. The molecule has 162 valence electrons. The van der Waals surface area contributed by atoms with Crippen LogP contribution in [0.1, 0.15) is 22.8 Å². The smallest absolute Gasteiger partial charge is 0.345 e. The number of halogens is 2. The summed E-state index contributed by atoms with van der Waals surface area (Å²) in [5.74, 6) is -0.854. The van der Waals surface area contributed by atoms with Gasteiger partial charge in [0.1, 0.15) is 11.6 Å². The fraction of sp³-hybridized carbons (Fsp3) is 0.0909. The van der Waals surface area contributed by atoms with Crippen LogP contribution < -0.4 is 14.8 Å². The zero-order valence-electron chi connectivity index (χ0n) is 16.6. The third-order valence-corrected chi connectivity index (χ3v) is 5.19. The second kappa shape index (κ2) is 10.8. The lowest BCUT2D eigenvalue weighted by Crippen LogP contribution is -2.13. The summed E-state index contributed by atoms with van der Waals surface area (Å²) in [6.45, 7) is 2.07. The van der Waals surface area contributed by atoms with Crippen molar-refractivity contribution in [3.05, 3.63) is 74.7 Å². The van der Waals surface area contributed by atoms with E-state index in [1.807, 2.05) is 6.07 Å². The maximum atomic E-state index is 12.5. The summed E-state index contributed by atoms with van der Waals surface area (Å²) in [7, 11) is 0. The summed E-state index contributed by atoms with van der Waals surface area (Å²) < 4.78 is 11.0. The molecule has 0 spiro atoms. The molecule has 32 heavy (non-hydrogen) atoms. The number of aromatic nitrogens is 1. The van der Waals surface area contributed by atoms with Gasteiger partial charge >= 0.3 is 5.97 Å². The number of esters is 1. The van der Waals surface area contributed by atoms with Gasteiger partial charge in [0.2, 0.25) is 0 Å². The summed E-state index contributed by atoms with van der Waals surface area (Å²) >= 11 is 13.2. The van der Waals surface area contributed by atoms with Gasteiger partial charge in [0, 0.05) is 16.6 Å². The van der Waals surface area contributed by atoms with Crippen LogP contribution in [-0.2, 0) is 4.79 Å². The number of rotatable bonds is 7. The van der Waals surface area contributed by atoms with Gasteiger partial charge in [-0.05, 0) is 48.9 Å². The third-order valence-electron chi connectivity index (χ3n) is 3.95. The van der Waals surface area contributed by atoms with E-state index in [9.17, 15) is 14.9 Å². The van der Waals surface area contributed by atoms with Crippen LogP contribution in [0, 0.1) is 11.3 Å². The number of anilines is 1. The zero-order chi connectivity index (χ0) is 23.1. The molecule has 0 bridgehead atoms. The molecule has 0 atom stereocenters. The molecule has 0 fully saturated rings. The van der Waals surface area contributed by atoms with Gasteiger partial charge in [-0.15, -0.1) is 11.3 Å². The number of ether oxygens (including phenoxy) is 2. The second-order valence-electron chi connectivity index (χ2n) is 6.11. The normalized spacial score (nSPS) is 10.9. The van der Waals surface area contributed by atoms with E-state index >= 15 is 0 Å². The van der Waals surface area contributed by atoms with Gasteiger partial charge in [0.25, 0.3) is 5.91 Å². The average molecular weight is 488 g/mol. The molecule has 0 unspecified atom stereocenters. The second-order valence-corrected chi connectivity index (χ2v) is 7.85. The lowest BCUT2D eigenvalue weighted by atomic mass is 10.1. The molecule has 0 radical (unpaired) electrons. The van der Waals surface area contributed by atoms with Crippen molar-refractivity contribution in [1.29, 1.82) is 5.26 Å². The molecule has 10 heteroatoms. The van der Waals surface area contributed by atoms with Gasteiger partial charge in [-0.2, -0.15) is 5.26 Å². The Morgan fingerprint density at radius 3 is 2.69 bits per heavy atom. The van der Waals surface area contributed by atoms with Gasteiger partial charge in [0.15, 0.2) is 16.6 Å². The number of hydrogen-bond acceptors (Lipinski definition) is 7. The third kappa shape index (κ3) is 5.86. The first-order chi connectivity index (χ1) is 15.4. The molecule has 0 saturated heterocycles. The average Bonchev–Trinajstić information content (AvgIpc) is 3.26. The molecular weight excluding hydrogens is 473 g/mol. The number of benzene rings is 2. The van der Waals surface area contributed by atoms with Crippen molar-refractivity contribution < 1.29 is 19.1 Å². The monoisotopic (exact) mass is 487 g/mol. The van der Waals surface area contributed by atoms with Crippen LogP contribution in [0.3, 0.4) is 0 Å². The maximum absolute atomic E-state index is 12.5. The van der Waals surface area contributed by atoms with Crippen LogP contribution in [0.15, 0.2) is 53.5 Å². The van der Waals surface area contributed by atoms with Crippen molar-refractivity contribution >= 4 is 57.6 Å². The number of nitrogens with zero attached hydrogens (tertiary/aromatic N) is 2. The lowest BCUT2D eigenvalue weighted by Gasteiger charge is -2.12. The number of nitrogens with one attached hydrogen (secondary N) is 1. The standard InChI is InChI=1S/C22H15Cl2N3O4S/c1-2-30-19-10-13(9-14(12-25)20(28)27-22-26-7-8-32-22)3-6-18(19)31-21(29)16-5-4-15(23)11-17(16)24/h3-11H,2H2,1H3,(H,26,27,28). The minimum Gasteiger partial charge on any atom is -0.490 e.